The van der Waals surface area contributed by atoms with E-state index in [1.807, 2.05) is 36.7 Å². The van der Waals surface area contributed by atoms with Crippen LogP contribution < -0.4 is 8.85 Å². The van der Waals surface area contributed by atoms with Crippen molar-refractivity contribution in [2.45, 2.75) is 137 Å². The highest BCUT2D eigenvalue weighted by molar-refractivity contribution is 14.1. The van der Waals surface area contributed by atoms with Gasteiger partial charge in [-0.2, -0.15) is 0 Å². The van der Waals surface area contributed by atoms with Crippen LogP contribution in [0.4, 0.5) is 0 Å². The van der Waals surface area contributed by atoms with Gasteiger partial charge in [0.1, 0.15) is 17.9 Å². The molecule has 0 radical (unpaired) electrons. The lowest BCUT2D eigenvalue weighted by atomic mass is 10.0. The number of carbonyl (C=O) groups excluding carboxylic acids is 4. The van der Waals surface area contributed by atoms with Crippen LogP contribution in [0.5, 0.6) is 0 Å². The van der Waals surface area contributed by atoms with Gasteiger partial charge in [0.2, 0.25) is 5.91 Å². The van der Waals surface area contributed by atoms with Crippen LogP contribution in [-0.2, 0) is 28.7 Å². The first kappa shape index (κ1) is 36.8. The third-order valence-corrected chi connectivity index (χ3v) is 6.91. The Kier molecular flexibility index (Phi) is 22.9. The van der Waals surface area contributed by atoms with Gasteiger partial charge in [-0.05, 0) is 70.1 Å². The second-order valence-electron chi connectivity index (χ2n) is 11.1. The molecule has 2 unspecified atom stereocenters. The summed E-state index contributed by atoms with van der Waals surface area (Å²) in [5.74, 6) is 0.235. The molecule has 0 aromatic rings. The molecule has 0 saturated heterocycles. The molecule has 2 atom stereocenters. The van der Waals surface area contributed by atoms with Crippen molar-refractivity contribution >= 4 is 46.5 Å². The molecule has 222 valence electrons. The van der Waals surface area contributed by atoms with E-state index >= 15 is 0 Å². The Balaban J connectivity index is 4.07. The quantitative estimate of drug-likeness (QED) is 0.0551. The van der Waals surface area contributed by atoms with Crippen molar-refractivity contribution < 1.29 is 28.7 Å². The molecule has 0 rings (SSSR count). The lowest BCUT2D eigenvalue weighted by Gasteiger charge is -2.19. The highest BCUT2D eigenvalue weighted by Gasteiger charge is 2.23. The topological polar surface area (TPSA) is 111 Å². The summed E-state index contributed by atoms with van der Waals surface area (Å²) in [6, 6.07) is -0.887. The van der Waals surface area contributed by atoms with E-state index in [9.17, 15) is 19.2 Å². The van der Waals surface area contributed by atoms with Gasteiger partial charge in [-0.15, -0.1) is 0 Å². The van der Waals surface area contributed by atoms with E-state index in [4.69, 9.17) is 9.47 Å². The summed E-state index contributed by atoms with van der Waals surface area (Å²) >= 11 is 1.99. The fourth-order valence-electron chi connectivity index (χ4n) is 4.08. The number of Topliss-reactive ketones (excluding diaryl/α,β-unsaturated/α-hetero) is 1. The number of nitrogens with one attached hydrogen (secondary N) is 2. The van der Waals surface area contributed by atoms with Crippen molar-refractivity contribution in [3.8, 4) is 0 Å². The molecule has 0 heterocycles. The van der Waals surface area contributed by atoms with Crippen LogP contribution in [0, 0.1) is 11.8 Å². The smallest absolute Gasteiger partial charge is 0.328 e. The largest absolute Gasteiger partial charge is 0.465 e. The molecule has 0 saturated carbocycles. The minimum atomic E-state index is -0.612. The molecule has 0 spiro atoms. The first-order valence-electron chi connectivity index (χ1n) is 14.5. The van der Waals surface area contributed by atoms with Crippen LogP contribution in [-0.4, -0.2) is 48.9 Å². The van der Waals surface area contributed by atoms with Crippen molar-refractivity contribution in [1.29, 1.82) is 0 Å². The van der Waals surface area contributed by atoms with Gasteiger partial charge in [-0.3, -0.25) is 9.59 Å². The number of hydrogen-bond donors (Lipinski definition) is 2. The number of amides is 1. The van der Waals surface area contributed by atoms with E-state index in [-0.39, 0.29) is 35.6 Å². The predicted molar refractivity (Wildman–Crippen MR) is 160 cm³/mol. The average Bonchev–Trinajstić information content (AvgIpc) is 2.84. The highest BCUT2D eigenvalue weighted by Crippen LogP contribution is 2.12. The Morgan fingerprint density at radius 1 is 0.632 bits per heavy atom. The number of halogens is 1. The van der Waals surface area contributed by atoms with E-state index in [0.717, 1.165) is 70.6 Å². The van der Waals surface area contributed by atoms with Gasteiger partial charge in [0, 0.05) is 35.7 Å². The minimum Gasteiger partial charge on any atom is -0.465 e. The van der Waals surface area contributed by atoms with E-state index in [2.05, 4.69) is 22.7 Å². The maximum atomic E-state index is 12.6. The molecule has 8 nitrogen and oxygen atoms in total. The molecular weight excluding hydrogens is 599 g/mol. The van der Waals surface area contributed by atoms with Crippen molar-refractivity contribution in [2.24, 2.45) is 11.8 Å². The van der Waals surface area contributed by atoms with Gasteiger partial charge in [0.15, 0.2) is 0 Å². The Labute approximate surface area is 245 Å². The highest BCUT2D eigenvalue weighted by atomic mass is 127. The number of ether oxygens (including phenoxy) is 2. The van der Waals surface area contributed by atoms with Gasteiger partial charge in [0.25, 0.3) is 0 Å². The normalized spacial score (nSPS) is 12.8. The fraction of sp³-hybridized carbons (Fsp3) is 0.862. The van der Waals surface area contributed by atoms with E-state index in [0.29, 0.717) is 38.4 Å². The summed E-state index contributed by atoms with van der Waals surface area (Å²) in [7, 11) is 0. The number of unbranched alkanes of at least 4 members (excludes halogenated alkanes) is 8. The molecule has 0 aromatic heterocycles. The van der Waals surface area contributed by atoms with Crippen LogP contribution >= 0.6 is 22.9 Å². The summed E-state index contributed by atoms with van der Waals surface area (Å²) in [4.78, 5) is 48.0. The van der Waals surface area contributed by atoms with Gasteiger partial charge < -0.3 is 19.6 Å². The molecule has 38 heavy (non-hydrogen) atoms. The number of carbonyl (C=O) groups is 4. The molecule has 0 fully saturated rings. The second kappa shape index (κ2) is 23.6. The number of esters is 2. The van der Waals surface area contributed by atoms with E-state index < -0.39 is 6.04 Å². The van der Waals surface area contributed by atoms with Crippen molar-refractivity contribution in [3.05, 3.63) is 0 Å². The first-order chi connectivity index (χ1) is 18.1. The third kappa shape index (κ3) is 21.7. The van der Waals surface area contributed by atoms with Crippen LogP contribution in [0.2, 0.25) is 0 Å². The maximum absolute atomic E-state index is 12.6. The summed E-state index contributed by atoms with van der Waals surface area (Å²) in [6.07, 6.45) is 11.5. The Morgan fingerprint density at radius 2 is 1.05 bits per heavy atom. The standard InChI is InChI=1S/C29H53IN2O6/c1-22(2)20-25(31-27(34)17-13-9-7-6-8-12-16-24(5)33)28(35)37-18-14-10-11-15-19-38-29(36)26(32-30)21-23(3)4/h22-23,25-26,32H,6-21H2,1-5H3,(H,31,34). The number of rotatable bonds is 24. The summed E-state index contributed by atoms with van der Waals surface area (Å²) in [5, 5.41) is 2.87. The zero-order valence-corrected chi connectivity index (χ0v) is 26.6. The second-order valence-corrected chi connectivity index (χ2v) is 11.7. The molecule has 0 aromatic carbocycles. The van der Waals surface area contributed by atoms with Crippen LogP contribution in [0.3, 0.4) is 0 Å². The van der Waals surface area contributed by atoms with Crippen LogP contribution in [0.15, 0.2) is 0 Å². The van der Waals surface area contributed by atoms with Crippen LogP contribution in [0.1, 0.15) is 125 Å². The molecule has 0 bridgehead atoms. The monoisotopic (exact) mass is 652 g/mol. The molecule has 0 aliphatic rings. The third-order valence-electron chi connectivity index (χ3n) is 6.16. The summed E-state index contributed by atoms with van der Waals surface area (Å²) in [5.41, 5.74) is 0. The number of ketones is 1. The molecular formula is C29H53IN2O6. The molecule has 9 heteroatoms. The molecule has 1 amide bonds. The predicted octanol–water partition coefficient (Wildman–Crippen LogP) is 6.23. The Morgan fingerprint density at radius 3 is 1.53 bits per heavy atom. The maximum Gasteiger partial charge on any atom is 0.328 e. The first-order valence-corrected chi connectivity index (χ1v) is 15.6. The van der Waals surface area contributed by atoms with Crippen molar-refractivity contribution in [3.63, 3.8) is 0 Å². The number of hydrogen-bond acceptors (Lipinski definition) is 7. The van der Waals surface area contributed by atoms with Crippen LogP contribution in [0.25, 0.3) is 0 Å². The Bertz CT molecular complexity index is 671. The fourth-order valence-corrected chi connectivity index (χ4v) is 4.59. The molecule has 0 aliphatic carbocycles. The van der Waals surface area contributed by atoms with Gasteiger partial charge >= 0.3 is 11.9 Å². The van der Waals surface area contributed by atoms with E-state index in [1.165, 1.54) is 0 Å². The summed E-state index contributed by atoms with van der Waals surface area (Å²) < 4.78 is 13.8. The molecule has 2 N–H and O–H groups in total. The van der Waals surface area contributed by atoms with E-state index in [1.54, 1.807) is 6.92 Å². The van der Waals surface area contributed by atoms with Gasteiger partial charge in [-0.1, -0.05) is 53.4 Å². The SMILES string of the molecule is CC(=O)CCCCCCCCC(=O)NC(CC(C)C)C(=O)OCCCCCCOC(=O)C(CC(C)C)NI. The summed E-state index contributed by atoms with van der Waals surface area (Å²) in [6.45, 7) is 10.5. The van der Waals surface area contributed by atoms with Gasteiger partial charge in [-0.25, -0.2) is 8.32 Å². The lowest BCUT2D eigenvalue weighted by molar-refractivity contribution is -0.148. The molecule has 0 aliphatic heterocycles. The lowest BCUT2D eigenvalue weighted by Crippen LogP contribution is -2.42. The Hall–Kier alpha value is -1.23. The van der Waals surface area contributed by atoms with Crippen molar-refractivity contribution in [2.75, 3.05) is 13.2 Å². The minimum absolute atomic E-state index is 0.105. The average molecular weight is 653 g/mol. The van der Waals surface area contributed by atoms with Gasteiger partial charge in [0.05, 0.1) is 13.2 Å². The zero-order valence-electron chi connectivity index (χ0n) is 24.5. The zero-order chi connectivity index (χ0) is 28.8. The van der Waals surface area contributed by atoms with Crippen molar-refractivity contribution in [1.82, 2.24) is 8.85 Å².